The normalized spacial score (nSPS) is 12.6. The number of carbonyl (C=O) groups excluding carboxylic acids is 1. The first kappa shape index (κ1) is 18.1. The van der Waals surface area contributed by atoms with Gasteiger partial charge in [-0.1, -0.05) is 42.5 Å². The van der Waals surface area contributed by atoms with Crippen molar-refractivity contribution in [3.8, 4) is 0 Å². The lowest BCUT2D eigenvalue weighted by Crippen LogP contribution is -2.31. The maximum Gasteiger partial charge on any atom is 0.337 e. The van der Waals surface area contributed by atoms with E-state index in [-0.39, 0.29) is 12.4 Å². The lowest BCUT2D eigenvalue weighted by atomic mass is 10.1. The largest absolute Gasteiger partial charge is 0.465 e. The molecule has 2 aromatic carbocycles. The molecule has 0 fully saturated rings. The van der Waals surface area contributed by atoms with E-state index in [9.17, 15) is 18.3 Å². The van der Waals surface area contributed by atoms with Crippen molar-refractivity contribution < 1.29 is 23.1 Å². The molecule has 24 heavy (non-hydrogen) atoms. The van der Waals surface area contributed by atoms with Crippen LogP contribution in [0.25, 0.3) is 0 Å². The second-order valence-corrected chi connectivity index (χ2v) is 6.97. The highest BCUT2D eigenvalue weighted by atomic mass is 32.2. The summed E-state index contributed by atoms with van der Waals surface area (Å²) in [4.78, 5) is 11.4. The van der Waals surface area contributed by atoms with Gasteiger partial charge in [-0.25, -0.2) is 17.9 Å². The highest BCUT2D eigenvalue weighted by Crippen LogP contribution is 2.15. The zero-order valence-corrected chi connectivity index (χ0v) is 14.0. The molecule has 0 aromatic heterocycles. The van der Waals surface area contributed by atoms with Gasteiger partial charge >= 0.3 is 5.97 Å². The summed E-state index contributed by atoms with van der Waals surface area (Å²) >= 11 is 0. The van der Waals surface area contributed by atoms with E-state index in [0.29, 0.717) is 16.7 Å². The molecule has 0 radical (unpaired) electrons. The summed E-state index contributed by atoms with van der Waals surface area (Å²) in [6.45, 7) is -0.343. The van der Waals surface area contributed by atoms with Gasteiger partial charge in [0.1, 0.15) is 0 Å². The molecule has 0 aliphatic rings. The minimum atomic E-state index is -3.66. The lowest BCUT2D eigenvalue weighted by molar-refractivity contribution is 0.0600. The molecule has 0 amide bonds. The molecule has 0 spiro atoms. The molecule has 7 heteroatoms. The Kier molecular flexibility index (Phi) is 6.08. The van der Waals surface area contributed by atoms with Crippen LogP contribution in [0.5, 0.6) is 0 Å². The summed E-state index contributed by atoms with van der Waals surface area (Å²) in [5.74, 6) is -0.732. The highest BCUT2D eigenvalue weighted by Gasteiger charge is 2.19. The zero-order chi connectivity index (χ0) is 17.6. The van der Waals surface area contributed by atoms with Crippen LogP contribution in [0.3, 0.4) is 0 Å². The van der Waals surface area contributed by atoms with Crippen molar-refractivity contribution in [3.05, 3.63) is 71.3 Å². The second kappa shape index (κ2) is 8.05. The van der Waals surface area contributed by atoms with E-state index in [1.54, 1.807) is 36.4 Å². The average molecular weight is 349 g/mol. The Hall–Kier alpha value is -2.22. The summed E-state index contributed by atoms with van der Waals surface area (Å²) < 4.78 is 31.7. The highest BCUT2D eigenvalue weighted by molar-refractivity contribution is 7.88. The van der Waals surface area contributed by atoms with E-state index in [0.717, 1.165) is 0 Å². The molecular formula is C17H19NO5S. The number of methoxy groups -OCH3 is 1. The molecule has 0 heterocycles. The number of sulfonamides is 1. The van der Waals surface area contributed by atoms with Gasteiger partial charge in [-0.05, 0) is 23.3 Å². The predicted octanol–water partition coefficient (Wildman–Crippen LogP) is 1.63. The smallest absolute Gasteiger partial charge is 0.337 e. The van der Waals surface area contributed by atoms with E-state index >= 15 is 0 Å². The molecule has 6 nitrogen and oxygen atoms in total. The number of nitrogens with one attached hydrogen (secondary N) is 1. The van der Waals surface area contributed by atoms with Crippen LogP contribution in [0.4, 0.5) is 0 Å². The average Bonchev–Trinajstić information content (AvgIpc) is 2.60. The van der Waals surface area contributed by atoms with Gasteiger partial charge in [-0.15, -0.1) is 0 Å². The van der Waals surface area contributed by atoms with Crippen LogP contribution in [0.1, 0.15) is 27.5 Å². The van der Waals surface area contributed by atoms with Gasteiger partial charge in [0.25, 0.3) is 0 Å². The van der Waals surface area contributed by atoms with Gasteiger partial charge in [0.05, 0.1) is 31.1 Å². The molecule has 0 aliphatic carbocycles. The third-order valence-electron chi connectivity index (χ3n) is 3.44. The zero-order valence-electron chi connectivity index (χ0n) is 13.2. The van der Waals surface area contributed by atoms with E-state index in [1.165, 1.54) is 19.2 Å². The molecule has 0 unspecified atom stereocenters. The summed E-state index contributed by atoms with van der Waals surface area (Å²) in [6.07, 6.45) is 0. The van der Waals surface area contributed by atoms with Gasteiger partial charge in [-0.3, -0.25) is 0 Å². The number of ether oxygens (including phenoxy) is 1. The van der Waals surface area contributed by atoms with Crippen LogP contribution in [0.15, 0.2) is 54.6 Å². The Bertz CT molecular complexity index is 772. The van der Waals surface area contributed by atoms with Crippen molar-refractivity contribution in [2.45, 2.75) is 11.8 Å². The number of aliphatic hydroxyl groups is 1. The van der Waals surface area contributed by atoms with Gasteiger partial charge in [0.15, 0.2) is 0 Å². The minimum absolute atomic E-state index is 0.252. The molecule has 0 bridgehead atoms. The number of hydrogen-bond donors (Lipinski definition) is 2. The van der Waals surface area contributed by atoms with Crippen molar-refractivity contribution in [2.24, 2.45) is 0 Å². The monoisotopic (exact) mass is 349 g/mol. The number of benzene rings is 2. The van der Waals surface area contributed by atoms with Crippen LogP contribution >= 0.6 is 0 Å². The van der Waals surface area contributed by atoms with Crippen molar-refractivity contribution in [1.29, 1.82) is 0 Å². The standard InChI is InChI=1S/C17H19NO5S/c1-23-17(20)15-9-7-13(8-10-15)12-24(21,22)18-16(11-19)14-5-3-2-4-6-14/h2-10,16,18-19H,11-12H2,1H3/t16-/m0/s1. The molecule has 2 aromatic rings. The van der Waals surface area contributed by atoms with Crippen molar-refractivity contribution >= 4 is 16.0 Å². The molecule has 0 aliphatic heterocycles. The number of rotatable bonds is 7. The Morgan fingerprint density at radius 2 is 1.75 bits per heavy atom. The molecule has 2 N–H and O–H groups in total. The van der Waals surface area contributed by atoms with E-state index in [1.807, 2.05) is 6.07 Å². The SMILES string of the molecule is COC(=O)c1ccc(CS(=O)(=O)N[C@@H](CO)c2ccccc2)cc1. The van der Waals surface area contributed by atoms with E-state index < -0.39 is 22.0 Å². The van der Waals surface area contributed by atoms with Crippen molar-refractivity contribution in [1.82, 2.24) is 4.72 Å². The quantitative estimate of drug-likeness (QED) is 0.741. The Balaban J connectivity index is 2.09. The Labute approximate surface area is 141 Å². The molecule has 0 saturated heterocycles. The third-order valence-corrected chi connectivity index (χ3v) is 4.80. The predicted molar refractivity (Wildman–Crippen MR) is 89.8 cm³/mol. The lowest BCUT2D eigenvalue weighted by Gasteiger charge is -2.17. The van der Waals surface area contributed by atoms with Crippen LogP contribution < -0.4 is 4.72 Å². The Morgan fingerprint density at radius 1 is 1.12 bits per heavy atom. The molecule has 1 atom stereocenters. The van der Waals surface area contributed by atoms with Gasteiger partial charge in [-0.2, -0.15) is 0 Å². The molecule has 0 saturated carbocycles. The van der Waals surface area contributed by atoms with Crippen LogP contribution in [-0.2, 0) is 20.5 Å². The fourth-order valence-corrected chi connectivity index (χ4v) is 3.59. The summed E-state index contributed by atoms with van der Waals surface area (Å²) in [5.41, 5.74) is 1.56. The first-order valence-electron chi connectivity index (χ1n) is 7.28. The first-order valence-corrected chi connectivity index (χ1v) is 8.93. The van der Waals surface area contributed by atoms with Gasteiger partial charge in [0, 0.05) is 0 Å². The van der Waals surface area contributed by atoms with Crippen LogP contribution in [0, 0.1) is 0 Å². The number of esters is 1. The Morgan fingerprint density at radius 3 is 2.29 bits per heavy atom. The van der Waals surface area contributed by atoms with Crippen molar-refractivity contribution in [2.75, 3.05) is 13.7 Å². The maximum atomic E-state index is 12.3. The maximum absolute atomic E-state index is 12.3. The minimum Gasteiger partial charge on any atom is -0.465 e. The topological polar surface area (TPSA) is 92.7 Å². The summed E-state index contributed by atoms with van der Waals surface area (Å²) in [5, 5.41) is 9.46. The second-order valence-electron chi connectivity index (χ2n) is 5.21. The number of hydrogen-bond acceptors (Lipinski definition) is 5. The first-order chi connectivity index (χ1) is 11.4. The summed E-state index contributed by atoms with van der Waals surface area (Å²) in [6, 6.07) is 14.3. The number of aliphatic hydroxyl groups excluding tert-OH is 1. The van der Waals surface area contributed by atoms with Gasteiger partial charge < -0.3 is 9.84 Å². The van der Waals surface area contributed by atoms with Gasteiger partial charge in [0.2, 0.25) is 10.0 Å². The third kappa shape index (κ3) is 4.89. The fourth-order valence-electron chi connectivity index (χ4n) is 2.23. The molecular weight excluding hydrogens is 330 g/mol. The summed E-state index contributed by atoms with van der Waals surface area (Å²) in [7, 11) is -2.38. The van der Waals surface area contributed by atoms with Crippen molar-refractivity contribution in [3.63, 3.8) is 0 Å². The fraction of sp³-hybridized carbons (Fsp3) is 0.235. The van der Waals surface area contributed by atoms with Crippen LogP contribution in [-0.4, -0.2) is 33.2 Å². The van der Waals surface area contributed by atoms with E-state index in [2.05, 4.69) is 9.46 Å². The molecule has 2 rings (SSSR count). The molecule has 128 valence electrons. The van der Waals surface area contributed by atoms with E-state index in [4.69, 9.17) is 0 Å². The number of carbonyl (C=O) groups is 1. The van der Waals surface area contributed by atoms with Crippen LogP contribution in [0.2, 0.25) is 0 Å².